The number of ketones is 1. The van der Waals surface area contributed by atoms with Crippen LogP contribution < -0.4 is 5.19 Å². The molecule has 3 nitrogen and oxygen atoms in total. The van der Waals surface area contributed by atoms with E-state index in [0.717, 1.165) is 16.6 Å². The molecule has 3 aromatic carbocycles. The Morgan fingerprint density at radius 2 is 1.35 bits per heavy atom. The van der Waals surface area contributed by atoms with Crippen LogP contribution in [0.5, 0.6) is 0 Å². The standard InChI is InChI=1S/C32H34NSi.C17H32O2.Ir/c1-21(2)28-19-25(18-23-10-8-9-11-27(23)28)31-30-24(16-17-33-31)20-29(32(30,3)4)22-12-14-26(15-13-22)34(5,6)7;1-10(2)16(11(3)4)14(18)9-15(19)17(12(5)6)13(7)8;/h8-17,19-21H,1-7H3;9-13,16-18H,1-8H3;/q-1;;/b;14-9-;. The maximum atomic E-state index is 12.3. The summed E-state index contributed by atoms with van der Waals surface area (Å²) in [5.74, 6) is 2.06. The molecule has 1 aromatic heterocycles. The second-order valence-electron chi connectivity index (χ2n) is 18.5. The summed E-state index contributed by atoms with van der Waals surface area (Å²) >= 11 is 0. The van der Waals surface area contributed by atoms with Crippen LogP contribution in [0.4, 0.5) is 0 Å². The summed E-state index contributed by atoms with van der Waals surface area (Å²) in [5.41, 5.74) is 8.61. The van der Waals surface area contributed by atoms with Crippen molar-refractivity contribution in [3.8, 4) is 11.3 Å². The third-order valence-electron chi connectivity index (χ3n) is 11.2. The van der Waals surface area contributed by atoms with Gasteiger partial charge >= 0.3 is 0 Å². The van der Waals surface area contributed by atoms with E-state index in [-0.39, 0.29) is 48.9 Å². The fourth-order valence-electron chi connectivity index (χ4n) is 8.60. The van der Waals surface area contributed by atoms with Gasteiger partial charge in [-0.1, -0.05) is 167 Å². The van der Waals surface area contributed by atoms with Gasteiger partial charge in [-0.15, -0.1) is 29.1 Å². The number of hydrogen-bond acceptors (Lipinski definition) is 3. The number of benzene rings is 3. The molecule has 1 radical (unpaired) electrons. The number of carbonyl (C=O) groups is 1. The third-order valence-corrected chi connectivity index (χ3v) is 13.2. The molecule has 0 saturated heterocycles. The van der Waals surface area contributed by atoms with Crippen molar-refractivity contribution in [1.82, 2.24) is 4.98 Å². The fraction of sp³-hybridized carbons (Fsp3) is 0.469. The molecule has 54 heavy (non-hydrogen) atoms. The Bertz CT molecular complexity index is 1940. The number of nitrogens with zero attached hydrogens (tertiary/aromatic N) is 1. The summed E-state index contributed by atoms with van der Waals surface area (Å²) in [5, 5.41) is 14.2. The quantitative estimate of drug-likeness (QED) is 0.0706. The zero-order valence-electron chi connectivity index (χ0n) is 35.7. The van der Waals surface area contributed by atoms with Crippen molar-refractivity contribution in [3.63, 3.8) is 0 Å². The first-order chi connectivity index (χ1) is 24.7. The smallest absolute Gasteiger partial charge is 0.162 e. The van der Waals surface area contributed by atoms with E-state index in [0.29, 0.717) is 29.6 Å². The molecule has 1 aliphatic rings. The van der Waals surface area contributed by atoms with Crippen LogP contribution in [0.1, 0.15) is 111 Å². The first-order valence-electron chi connectivity index (χ1n) is 19.9. The average molecular weight is 921 g/mol. The predicted molar refractivity (Wildman–Crippen MR) is 232 cm³/mol. The molecule has 0 unspecified atom stereocenters. The summed E-state index contributed by atoms with van der Waals surface area (Å²) in [6.07, 6.45) is 5.81. The number of aliphatic hydroxyl groups is 1. The second kappa shape index (κ2) is 18.2. The molecule has 0 saturated carbocycles. The van der Waals surface area contributed by atoms with Gasteiger partial charge in [-0.05, 0) is 57.9 Å². The summed E-state index contributed by atoms with van der Waals surface area (Å²) in [6, 6.07) is 26.1. The Hall–Kier alpha value is -3.11. The molecule has 0 spiro atoms. The van der Waals surface area contributed by atoms with Gasteiger partial charge in [-0.3, -0.25) is 9.78 Å². The van der Waals surface area contributed by atoms with E-state index in [2.05, 4.69) is 176 Å². The van der Waals surface area contributed by atoms with E-state index in [1.807, 2.05) is 6.20 Å². The number of allylic oxidation sites excluding steroid dienone is 3. The molecular formula is C49H66IrNO2Si-. The molecule has 4 aromatic rings. The molecule has 0 amide bonds. The first-order valence-corrected chi connectivity index (χ1v) is 23.4. The van der Waals surface area contributed by atoms with E-state index >= 15 is 0 Å². The zero-order valence-corrected chi connectivity index (χ0v) is 39.1. The van der Waals surface area contributed by atoms with Crippen molar-refractivity contribution < 1.29 is 30.0 Å². The Morgan fingerprint density at radius 3 is 1.87 bits per heavy atom. The molecule has 293 valence electrons. The largest absolute Gasteiger partial charge is 0.512 e. The van der Waals surface area contributed by atoms with Gasteiger partial charge in [0.05, 0.1) is 13.8 Å². The maximum Gasteiger partial charge on any atom is 0.162 e. The molecule has 1 aliphatic carbocycles. The number of aliphatic hydroxyl groups excluding tert-OH is 1. The molecule has 0 aliphatic heterocycles. The monoisotopic (exact) mass is 921 g/mol. The maximum absolute atomic E-state index is 12.3. The minimum Gasteiger partial charge on any atom is -0.512 e. The van der Waals surface area contributed by atoms with Gasteiger partial charge in [0.1, 0.15) is 0 Å². The van der Waals surface area contributed by atoms with Gasteiger partial charge in [0.15, 0.2) is 5.78 Å². The van der Waals surface area contributed by atoms with Crippen molar-refractivity contribution >= 4 is 41.5 Å². The SMILES string of the molecule is CC(C)C(C(=O)/C=C(\O)C(C(C)C)C(C)C)C(C)C.CC(C)c1cc(-c2nccc3c2C(C)(C)C(c2ccc([Si](C)(C)C)cc2)=C3)[c-]c2ccccc12.[Ir]. The van der Waals surface area contributed by atoms with Gasteiger partial charge in [-0.2, -0.15) is 0 Å². The molecule has 5 heteroatoms. The number of hydrogen-bond donors (Lipinski definition) is 1. The molecule has 1 heterocycles. The van der Waals surface area contributed by atoms with E-state index in [4.69, 9.17) is 4.98 Å². The van der Waals surface area contributed by atoms with Crippen LogP contribution >= 0.6 is 0 Å². The van der Waals surface area contributed by atoms with Crippen LogP contribution in [-0.2, 0) is 30.3 Å². The summed E-state index contributed by atoms with van der Waals surface area (Å²) < 4.78 is 0. The first kappa shape index (κ1) is 45.3. The van der Waals surface area contributed by atoms with Gasteiger partial charge in [0.25, 0.3) is 0 Å². The fourth-order valence-corrected chi connectivity index (χ4v) is 9.77. The topological polar surface area (TPSA) is 50.2 Å². The summed E-state index contributed by atoms with van der Waals surface area (Å²) in [7, 11) is -1.32. The van der Waals surface area contributed by atoms with Crippen LogP contribution in [-0.4, -0.2) is 23.9 Å². The average Bonchev–Trinajstić information content (AvgIpc) is 3.33. The van der Waals surface area contributed by atoms with Crippen LogP contribution in [0.25, 0.3) is 33.7 Å². The minimum atomic E-state index is -1.32. The van der Waals surface area contributed by atoms with E-state index < -0.39 is 8.07 Å². The summed E-state index contributed by atoms with van der Waals surface area (Å²) in [6.45, 7) is 33.0. The molecular weight excluding hydrogens is 855 g/mol. The Labute approximate surface area is 342 Å². The molecule has 0 bridgehead atoms. The third kappa shape index (κ3) is 10.00. The minimum absolute atomic E-state index is 0. The number of pyridine rings is 1. The zero-order chi connectivity index (χ0) is 39.6. The van der Waals surface area contributed by atoms with E-state index in [1.165, 1.54) is 44.5 Å². The number of aromatic nitrogens is 1. The predicted octanol–water partition coefficient (Wildman–Crippen LogP) is 13.1. The molecule has 0 fully saturated rings. The number of rotatable bonds is 11. The van der Waals surface area contributed by atoms with Gasteiger partial charge in [-0.25, -0.2) is 0 Å². The Kier molecular flexibility index (Phi) is 15.3. The van der Waals surface area contributed by atoms with Gasteiger partial charge in [0.2, 0.25) is 0 Å². The van der Waals surface area contributed by atoms with Crippen molar-refractivity contribution in [1.29, 1.82) is 0 Å². The van der Waals surface area contributed by atoms with Crippen molar-refractivity contribution in [2.24, 2.45) is 35.5 Å². The Morgan fingerprint density at radius 1 is 0.796 bits per heavy atom. The molecule has 0 atom stereocenters. The van der Waals surface area contributed by atoms with Crippen LogP contribution in [0.3, 0.4) is 0 Å². The molecule has 1 N–H and O–H groups in total. The van der Waals surface area contributed by atoms with Crippen molar-refractivity contribution in [2.75, 3.05) is 0 Å². The summed E-state index contributed by atoms with van der Waals surface area (Å²) in [4.78, 5) is 17.3. The number of fused-ring (bicyclic) bond motifs is 2. The second-order valence-corrected chi connectivity index (χ2v) is 23.5. The Balaban J connectivity index is 0.000000338. The van der Waals surface area contributed by atoms with Crippen molar-refractivity contribution in [3.05, 3.63) is 107 Å². The van der Waals surface area contributed by atoms with Crippen LogP contribution in [0.15, 0.2) is 78.7 Å². The van der Waals surface area contributed by atoms with Gasteiger partial charge in [0, 0.05) is 55.3 Å². The van der Waals surface area contributed by atoms with Crippen LogP contribution in [0, 0.1) is 41.6 Å². The molecule has 5 rings (SSSR count). The van der Waals surface area contributed by atoms with Crippen LogP contribution in [0.2, 0.25) is 19.6 Å². The van der Waals surface area contributed by atoms with E-state index in [1.54, 1.807) is 0 Å². The van der Waals surface area contributed by atoms with Gasteiger partial charge < -0.3 is 5.11 Å². The van der Waals surface area contributed by atoms with Crippen molar-refractivity contribution in [2.45, 2.75) is 114 Å². The number of carbonyl (C=O) groups excluding carboxylic acids is 1. The normalized spacial score (nSPS) is 14.3. The van der Waals surface area contributed by atoms with E-state index in [9.17, 15) is 9.90 Å².